The van der Waals surface area contributed by atoms with Crippen LogP contribution in [0.4, 0.5) is 0 Å². The van der Waals surface area contributed by atoms with E-state index in [0.717, 1.165) is 17.3 Å². The number of benzene rings is 2. The number of H-pyrrole nitrogens is 1. The predicted octanol–water partition coefficient (Wildman–Crippen LogP) is 3.52. The van der Waals surface area contributed by atoms with Crippen LogP contribution < -0.4 is 5.32 Å². The van der Waals surface area contributed by atoms with Crippen LogP contribution >= 0.6 is 11.6 Å². The molecule has 0 bridgehead atoms. The van der Waals surface area contributed by atoms with Gasteiger partial charge in [0.15, 0.2) is 0 Å². The minimum Gasteiger partial charge on any atom is -0.358 e. The van der Waals surface area contributed by atoms with Crippen molar-refractivity contribution in [1.82, 2.24) is 15.2 Å². The van der Waals surface area contributed by atoms with Gasteiger partial charge in [-0.1, -0.05) is 29.8 Å². The van der Waals surface area contributed by atoms with Gasteiger partial charge < -0.3 is 15.2 Å². The molecule has 2 N–H and O–H groups in total. The Kier molecular flexibility index (Phi) is 4.62. The fraction of sp³-hybridized carbons (Fsp3) is 0.238. The third kappa shape index (κ3) is 3.43. The molecule has 1 unspecified atom stereocenters. The fourth-order valence-electron chi connectivity index (χ4n) is 3.57. The summed E-state index contributed by atoms with van der Waals surface area (Å²) in [7, 11) is 0. The van der Waals surface area contributed by atoms with Gasteiger partial charge in [0.2, 0.25) is 5.91 Å². The van der Waals surface area contributed by atoms with Crippen molar-refractivity contribution in [1.29, 1.82) is 0 Å². The third-order valence-electron chi connectivity index (χ3n) is 5.02. The molecule has 2 amide bonds. The van der Waals surface area contributed by atoms with Crippen molar-refractivity contribution >= 4 is 34.3 Å². The molecule has 138 valence electrons. The molecule has 2 heterocycles. The molecule has 1 aliphatic rings. The summed E-state index contributed by atoms with van der Waals surface area (Å²) in [6.45, 7) is 2.92. The molecule has 0 saturated heterocycles. The maximum absolute atomic E-state index is 12.9. The standard InChI is InChI=1S/C21H20ClN3O2/c1-13(23-20(26)14-6-8-15(22)9-7-14)21(27)25-11-10-19-17(12-25)16-4-2-3-5-18(16)24-19/h2-9,13,24H,10-12H2,1H3,(H,23,26). The van der Waals surface area contributed by atoms with E-state index in [9.17, 15) is 9.59 Å². The van der Waals surface area contributed by atoms with Gasteiger partial charge in [-0.3, -0.25) is 9.59 Å². The lowest BCUT2D eigenvalue weighted by Crippen LogP contribution is -2.48. The maximum Gasteiger partial charge on any atom is 0.251 e. The van der Waals surface area contributed by atoms with Crippen molar-refractivity contribution < 1.29 is 9.59 Å². The molecule has 1 aliphatic heterocycles. The van der Waals surface area contributed by atoms with Crippen LogP contribution in [0, 0.1) is 0 Å². The van der Waals surface area contributed by atoms with Gasteiger partial charge in [-0.15, -0.1) is 0 Å². The molecule has 0 saturated carbocycles. The molecule has 27 heavy (non-hydrogen) atoms. The number of nitrogens with zero attached hydrogens (tertiary/aromatic N) is 1. The van der Waals surface area contributed by atoms with E-state index in [0.29, 0.717) is 23.7 Å². The Morgan fingerprint density at radius 1 is 1.15 bits per heavy atom. The quantitative estimate of drug-likeness (QED) is 0.729. The second-order valence-corrected chi connectivity index (χ2v) is 7.28. The van der Waals surface area contributed by atoms with E-state index in [4.69, 9.17) is 11.6 Å². The Balaban J connectivity index is 1.46. The maximum atomic E-state index is 12.9. The Bertz CT molecular complexity index is 1010. The van der Waals surface area contributed by atoms with Crippen molar-refractivity contribution in [3.8, 4) is 0 Å². The first-order valence-electron chi connectivity index (χ1n) is 8.96. The topological polar surface area (TPSA) is 65.2 Å². The second kappa shape index (κ2) is 7.08. The van der Waals surface area contributed by atoms with Crippen LogP contribution in [0.25, 0.3) is 10.9 Å². The van der Waals surface area contributed by atoms with Crippen molar-refractivity contribution in [2.45, 2.75) is 25.9 Å². The van der Waals surface area contributed by atoms with Crippen molar-refractivity contribution in [2.24, 2.45) is 0 Å². The summed E-state index contributed by atoms with van der Waals surface area (Å²) in [5.41, 5.74) is 3.94. The third-order valence-corrected chi connectivity index (χ3v) is 5.27. The summed E-state index contributed by atoms with van der Waals surface area (Å²) < 4.78 is 0. The van der Waals surface area contributed by atoms with Gasteiger partial charge in [0.25, 0.3) is 5.91 Å². The van der Waals surface area contributed by atoms with Gasteiger partial charge in [0, 0.05) is 52.3 Å². The van der Waals surface area contributed by atoms with Crippen LogP contribution in [0.5, 0.6) is 0 Å². The van der Waals surface area contributed by atoms with Crippen LogP contribution in [0.2, 0.25) is 5.02 Å². The van der Waals surface area contributed by atoms with E-state index in [2.05, 4.69) is 22.4 Å². The van der Waals surface area contributed by atoms with Crippen LogP contribution in [-0.4, -0.2) is 34.3 Å². The number of aromatic amines is 1. The molecule has 1 atom stereocenters. The second-order valence-electron chi connectivity index (χ2n) is 6.84. The predicted molar refractivity (Wildman–Crippen MR) is 106 cm³/mol. The van der Waals surface area contributed by atoms with E-state index < -0.39 is 6.04 Å². The average molecular weight is 382 g/mol. The minimum absolute atomic E-state index is 0.0757. The summed E-state index contributed by atoms with van der Waals surface area (Å²) in [6.07, 6.45) is 0.785. The Hall–Kier alpha value is -2.79. The minimum atomic E-state index is -0.597. The lowest BCUT2D eigenvalue weighted by atomic mass is 10.0. The number of para-hydroxylation sites is 1. The highest BCUT2D eigenvalue weighted by Crippen LogP contribution is 2.27. The number of amides is 2. The first kappa shape index (κ1) is 17.6. The van der Waals surface area contributed by atoms with E-state index in [1.807, 2.05) is 17.0 Å². The number of halogens is 1. The number of nitrogens with one attached hydrogen (secondary N) is 2. The summed E-state index contributed by atoms with van der Waals surface area (Å²) >= 11 is 5.85. The number of fused-ring (bicyclic) bond motifs is 3. The normalized spacial score (nSPS) is 14.7. The molecule has 3 aromatic rings. The molecule has 0 fully saturated rings. The zero-order valence-corrected chi connectivity index (χ0v) is 15.7. The average Bonchev–Trinajstić information content (AvgIpc) is 3.05. The summed E-state index contributed by atoms with van der Waals surface area (Å²) in [5.74, 6) is -0.356. The van der Waals surface area contributed by atoms with E-state index in [1.54, 1.807) is 31.2 Å². The molecule has 1 aromatic heterocycles. The number of aromatic nitrogens is 1. The molecule has 0 spiro atoms. The number of carbonyl (C=O) groups is 2. The van der Waals surface area contributed by atoms with Crippen LogP contribution in [0.15, 0.2) is 48.5 Å². The Morgan fingerprint density at radius 2 is 1.89 bits per heavy atom. The van der Waals surface area contributed by atoms with Gasteiger partial charge in [0.05, 0.1) is 0 Å². The number of hydrogen-bond donors (Lipinski definition) is 2. The highest BCUT2D eigenvalue weighted by molar-refractivity contribution is 6.30. The number of hydrogen-bond acceptors (Lipinski definition) is 2. The van der Waals surface area contributed by atoms with Gasteiger partial charge in [0.1, 0.15) is 6.04 Å². The zero-order chi connectivity index (χ0) is 19.0. The van der Waals surface area contributed by atoms with Crippen LogP contribution in [0.3, 0.4) is 0 Å². The molecule has 6 heteroatoms. The lowest BCUT2D eigenvalue weighted by Gasteiger charge is -2.30. The highest BCUT2D eigenvalue weighted by atomic mass is 35.5. The van der Waals surface area contributed by atoms with Crippen molar-refractivity contribution in [3.63, 3.8) is 0 Å². The smallest absolute Gasteiger partial charge is 0.251 e. The van der Waals surface area contributed by atoms with Gasteiger partial charge in [-0.25, -0.2) is 0 Å². The Labute approximate surface area is 162 Å². The summed E-state index contributed by atoms with van der Waals surface area (Å²) in [4.78, 5) is 30.5. The van der Waals surface area contributed by atoms with E-state index in [1.165, 1.54) is 11.3 Å². The highest BCUT2D eigenvalue weighted by Gasteiger charge is 2.27. The van der Waals surface area contributed by atoms with Crippen LogP contribution in [0.1, 0.15) is 28.5 Å². The molecule has 4 rings (SSSR count). The zero-order valence-electron chi connectivity index (χ0n) is 15.0. The monoisotopic (exact) mass is 381 g/mol. The number of carbonyl (C=O) groups excluding carboxylic acids is 2. The van der Waals surface area contributed by atoms with E-state index >= 15 is 0 Å². The summed E-state index contributed by atoms with van der Waals surface area (Å²) in [5, 5.41) is 4.51. The fourth-order valence-corrected chi connectivity index (χ4v) is 3.70. The van der Waals surface area contributed by atoms with E-state index in [-0.39, 0.29) is 11.8 Å². The molecular formula is C21H20ClN3O2. The largest absolute Gasteiger partial charge is 0.358 e. The van der Waals surface area contributed by atoms with Gasteiger partial charge in [-0.2, -0.15) is 0 Å². The molecule has 0 radical (unpaired) electrons. The SMILES string of the molecule is CC(NC(=O)c1ccc(Cl)cc1)C(=O)N1CCc2[nH]c3ccccc3c2C1. The first-order valence-corrected chi connectivity index (χ1v) is 9.34. The first-order chi connectivity index (χ1) is 13.0. The molecular weight excluding hydrogens is 362 g/mol. The van der Waals surface area contributed by atoms with Gasteiger partial charge in [-0.05, 0) is 37.3 Å². The van der Waals surface area contributed by atoms with Crippen molar-refractivity contribution in [3.05, 3.63) is 70.4 Å². The summed E-state index contributed by atoms with van der Waals surface area (Å²) in [6, 6.07) is 14.1. The molecule has 2 aromatic carbocycles. The lowest BCUT2D eigenvalue weighted by molar-refractivity contribution is -0.133. The molecule has 0 aliphatic carbocycles. The van der Waals surface area contributed by atoms with Gasteiger partial charge >= 0.3 is 0 Å². The Morgan fingerprint density at radius 3 is 2.67 bits per heavy atom. The number of rotatable bonds is 3. The van der Waals surface area contributed by atoms with Crippen LogP contribution in [-0.2, 0) is 17.8 Å². The molecule has 5 nitrogen and oxygen atoms in total. The van der Waals surface area contributed by atoms with Crippen molar-refractivity contribution in [2.75, 3.05) is 6.54 Å².